The number of rotatable bonds is 2. The monoisotopic (exact) mass is 295 g/mol. The van der Waals surface area contributed by atoms with E-state index in [4.69, 9.17) is 0 Å². The first-order valence-corrected chi connectivity index (χ1v) is 6.89. The minimum Gasteiger partial charge on any atom is -0.239 e. The molecule has 0 atom stereocenters. The van der Waals surface area contributed by atoms with Crippen molar-refractivity contribution in [1.82, 2.24) is 9.97 Å². The second-order valence-corrected chi connectivity index (χ2v) is 4.90. The maximum atomic E-state index is 13.7. The molecule has 1 aliphatic rings. The summed E-state index contributed by atoms with van der Waals surface area (Å²) in [7, 11) is 0. The van der Waals surface area contributed by atoms with Gasteiger partial charge in [0, 0.05) is 5.56 Å². The van der Waals surface area contributed by atoms with Crippen LogP contribution in [0.2, 0.25) is 0 Å². The normalized spacial score (nSPS) is 13.0. The number of isothiocyanates is 1. The molecule has 0 bridgehead atoms. The van der Waals surface area contributed by atoms with Crippen LogP contribution in [0.4, 0.5) is 10.2 Å². The van der Waals surface area contributed by atoms with Gasteiger partial charge in [0.15, 0.2) is 11.5 Å². The first-order valence-electron chi connectivity index (χ1n) is 6.48. The number of thiocarbonyl (C=S) groups is 1. The largest absolute Gasteiger partial charge is 0.249 e. The van der Waals surface area contributed by atoms with E-state index in [9.17, 15) is 4.39 Å². The third kappa shape index (κ3) is 3.38. The molecule has 102 valence electrons. The van der Waals surface area contributed by atoms with Crippen molar-refractivity contribution in [2.24, 2.45) is 4.99 Å². The summed E-state index contributed by atoms with van der Waals surface area (Å²) in [5.41, 5.74) is 2.15. The van der Waals surface area contributed by atoms with Gasteiger partial charge in [-0.3, -0.25) is 0 Å². The lowest BCUT2D eigenvalue weighted by Gasteiger charge is -1.97. The van der Waals surface area contributed by atoms with Crippen LogP contribution in [0.15, 0.2) is 35.5 Å². The zero-order valence-corrected chi connectivity index (χ0v) is 11.8. The topological polar surface area (TPSA) is 38.1 Å². The molecular weight excluding hydrogens is 285 g/mol. The van der Waals surface area contributed by atoms with E-state index >= 15 is 0 Å². The number of benzene rings is 1. The average molecular weight is 295 g/mol. The highest BCUT2D eigenvalue weighted by molar-refractivity contribution is 7.78. The number of aliphatic imine (C=N–C) groups is 1. The molecule has 3 nitrogen and oxygen atoms in total. The van der Waals surface area contributed by atoms with Gasteiger partial charge in [-0.2, -0.15) is 14.4 Å². The molecule has 0 spiro atoms. The number of hydrogen-bond donors (Lipinski definition) is 0. The van der Waals surface area contributed by atoms with Crippen LogP contribution in [0, 0.1) is 17.8 Å². The first kappa shape index (κ1) is 13.6. The molecule has 1 fully saturated rings. The number of aromatic nitrogens is 2. The van der Waals surface area contributed by atoms with E-state index in [1.165, 1.54) is 24.6 Å². The van der Waals surface area contributed by atoms with E-state index in [-0.39, 0.29) is 11.5 Å². The molecule has 1 saturated carbocycles. The van der Waals surface area contributed by atoms with E-state index in [2.05, 4.69) is 56.3 Å². The SMILES string of the molecule is Fc1nc(N=C=S)cnc1C#Cc1ccc(C2CC2)cc1. The molecule has 3 rings (SSSR count). The van der Waals surface area contributed by atoms with Crippen molar-refractivity contribution in [3.63, 3.8) is 0 Å². The Morgan fingerprint density at radius 3 is 2.57 bits per heavy atom. The van der Waals surface area contributed by atoms with Crippen LogP contribution in [-0.2, 0) is 0 Å². The molecule has 0 saturated heterocycles. The molecule has 1 heterocycles. The summed E-state index contributed by atoms with van der Waals surface area (Å²) >= 11 is 4.42. The Bertz CT molecular complexity index is 779. The predicted molar refractivity (Wildman–Crippen MR) is 81.1 cm³/mol. The van der Waals surface area contributed by atoms with Crippen LogP contribution in [0.25, 0.3) is 0 Å². The number of nitrogens with zero attached hydrogens (tertiary/aromatic N) is 3. The zero-order chi connectivity index (χ0) is 14.7. The lowest BCUT2D eigenvalue weighted by Crippen LogP contribution is -1.93. The molecule has 0 radical (unpaired) electrons. The summed E-state index contributed by atoms with van der Waals surface area (Å²) in [6.45, 7) is 0. The lowest BCUT2D eigenvalue weighted by atomic mass is 10.1. The van der Waals surface area contributed by atoms with Gasteiger partial charge in [-0.1, -0.05) is 18.1 Å². The summed E-state index contributed by atoms with van der Waals surface area (Å²) in [4.78, 5) is 11.0. The van der Waals surface area contributed by atoms with E-state index in [0.29, 0.717) is 5.92 Å². The third-order valence-corrected chi connectivity index (χ3v) is 3.25. The number of halogens is 1. The molecule has 2 aromatic rings. The van der Waals surface area contributed by atoms with Crippen molar-refractivity contribution in [2.75, 3.05) is 0 Å². The van der Waals surface area contributed by atoms with Crippen molar-refractivity contribution in [1.29, 1.82) is 0 Å². The first-order chi connectivity index (χ1) is 10.3. The van der Waals surface area contributed by atoms with E-state index < -0.39 is 5.95 Å². The second-order valence-electron chi connectivity index (χ2n) is 4.72. The van der Waals surface area contributed by atoms with Crippen LogP contribution in [0.5, 0.6) is 0 Å². The molecule has 21 heavy (non-hydrogen) atoms. The Labute approximate surface area is 127 Å². The fraction of sp³-hybridized carbons (Fsp3) is 0.188. The highest BCUT2D eigenvalue weighted by Crippen LogP contribution is 2.39. The highest BCUT2D eigenvalue weighted by atomic mass is 32.1. The zero-order valence-electron chi connectivity index (χ0n) is 11.0. The van der Waals surface area contributed by atoms with Crippen LogP contribution in [0.3, 0.4) is 0 Å². The van der Waals surface area contributed by atoms with Crippen molar-refractivity contribution in [3.8, 4) is 11.8 Å². The van der Waals surface area contributed by atoms with Crippen LogP contribution >= 0.6 is 12.2 Å². The maximum absolute atomic E-state index is 13.7. The molecule has 0 amide bonds. The molecular formula is C16H10FN3S. The van der Waals surface area contributed by atoms with Crippen molar-refractivity contribution < 1.29 is 4.39 Å². The molecule has 1 aromatic carbocycles. The summed E-state index contributed by atoms with van der Waals surface area (Å²) in [6, 6.07) is 8.02. The van der Waals surface area contributed by atoms with E-state index in [0.717, 1.165) is 5.56 Å². The van der Waals surface area contributed by atoms with Gasteiger partial charge in [0.2, 0.25) is 5.95 Å². The fourth-order valence-corrected chi connectivity index (χ4v) is 2.02. The standard InChI is InChI=1S/C16H10FN3S/c17-16-14(18-9-15(20-16)19-10-21)8-3-11-1-4-12(5-2-11)13-6-7-13/h1-2,4-5,9,13H,6-7H2. The van der Waals surface area contributed by atoms with E-state index in [1.807, 2.05) is 12.1 Å². The van der Waals surface area contributed by atoms with Gasteiger partial charge in [0.05, 0.1) is 11.4 Å². The Morgan fingerprint density at radius 1 is 1.19 bits per heavy atom. The fourth-order valence-electron chi connectivity index (χ4n) is 1.93. The van der Waals surface area contributed by atoms with Crippen molar-refractivity contribution >= 4 is 23.2 Å². The molecule has 1 aromatic heterocycles. The van der Waals surface area contributed by atoms with Gasteiger partial charge in [-0.25, -0.2) is 4.98 Å². The Kier molecular flexibility index (Phi) is 3.83. The summed E-state index contributed by atoms with van der Waals surface area (Å²) in [6.07, 6.45) is 3.84. The summed E-state index contributed by atoms with van der Waals surface area (Å²) in [5, 5.41) is 2.11. The van der Waals surface area contributed by atoms with Gasteiger partial charge < -0.3 is 0 Å². The highest BCUT2D eigenvalue weighted by Gasteiger charge is 2.22. The summed E-state index contributed by atoms with van der Waals surface area (Å²) < 4.78 is 13.7. The van der Waals surface area contributed by atoms with Crippen molar-refractivity contribution in [3.05, 3.63) is 53.2 Å². The maximum Gasteiger partial charge on any atom is 0.249 e. The quantitative estimate of drug-likeness (QED) is 0.482. The van der Waals surface area contributed by atoms with Gasteiger partial charge in [-0.05, 0) is 54.6 Å². The van der Waals surface area contributed by atoms with Gasteiger partial charge in [0.1, 0.15) is 0 Å². The smallest absolute Gasteiger partial charge is 0.239 e. The third-order valence-electron chi connectivity index (χ3n) is 3.16. The molecule has 1 aliphatic carbocycles. The molecule has 0 aliphatic heterocycles. The predicted octanol–water partition coefficient (Wildman–Crippen LogP) is 3.63. The lowest BCUT2D eigenvalue weighted by molar-refractivity contribution is 0.573. The van der Waals surface area contributed by atoms with Crippen LogP contribution < -0.4 is 0 Å². The van der Waals surface area contributed by atoms with Gasteiger partial charge in [0.25, 0.3) is 0 Å². The Morgan fingerprint density at radius 2 is 1.95 bits per heavy atom. The van der Waals surface area contributed by atoms with Gasteiger partial charge >= 0.3 is 0 Å². The molecule has 5 heteroatoms. The average Bonchev–Trinajstić information content (AvgIpc) is 3.32. The Hall–Kier alpha value is -2.41. The van der Waals surface area contributed by atoms with Gasteiger partial charge in [-0.15, -0.1) is 0 Å². The van der Waals surface area contributed by atoms with Crippen molar-refractivity contribution in [2.45, 2.75) is 18.8 Å². The van der Waals surface area contributed by atoms with Crippen LogP contribution in [0.1, 0.15) is 35.6 Å². The number of hydrogen-bond acceptors (Lipinski definition) is 4. The minimum atomic E-state index is -0.761. The van der Waals surface area contributed by atoms with Crippen LogP contribution in [-0.4, -0.2) is 15.1 Å². The molecule has 0 N–H and O–H groups in total. The minimum absolute atomic E-state index is 0.00964. The summed E-state index contributed by atoms with van der Waals surface area (Å²) in [5.74, 6) is 5.59. The molecule has 0 unspecified atom stereocenters. The second kappa shape index (κ2) is 5.92. The van der Waals surface area contributed by atoms with E-state index in [1.54, 1.807) is 0 Å². The Balaban J connectivity index is 1.81.